The number of carbonyl (C=O) groups excluding carboxylic acids is 1. The SMILES string of the molecule is COc1cccc(Cl)c1CNC(=O)C1(C(N)=S)CCC1. The van der Waals surface area contributed by atoms with Crippen LogP contribution in [-0.2, 0) is 11.3 Å². The Morgan fingerprint density at radius 1 is 1.55 bits per heavy atom. The molecule has 0 unspecified atom stereocenters. The van der Waals surface area contributed by atoms with Gasteiger partial charge >= 0.3 is 0 Å². The van der Waals surface area contributed by atoms with Crippen molar-refractivity contribution in [3.8, 4) is 5.75 Å². The molecule has 108 valence electrons. The first-order valence-electron chi connectivity index (χ1n) is 6.41. The Labute approximate surface area is 128 Å². The van der Waals surface area contributed by atoms with Crippen LogP contribution in [0.1, 0.15) is 24.8 Å². The van der Waals surface area contributed by atoms with Gasteiger partial charge in [0.25, 0.3) is 0 Å². The van der Waals surface area contributed by atoms with E-state index in [-0.39, 0.29) is 10.9 Å². The smallest absolute Gasteiger partial charge is 0.233 e. The quantitative estimate of drug-likeness (QED) is 0.820. The fourth-order valence-electron chi connectivity index (χ4n) is 2.36. The summed E-state index contributed by atoms with van der Waals surface area (Å²) in [7, 11) is 1.57. The maximum absolute atomic E-state index is 12.3. The zero-order valence-electron chi connectivity index (χ0n) is 11.2. The number of rotatable bonds is 5. The minimum atomic E-state index is -0.677. The average Bonchev–Trinajstić information content (AvgIpc) is 2.35. The first kappa shape index (κ1) is 15.1. The van der Waals surface area contributed by atoms with Gasteiger partial charge in [-0.1, -0.05) is 36.3 Å². The maximum atomic E-state index is 12.3. The Bertz CT molecular complexity index is 544. The first-order valence-corrected chi connectivity index (χ1v) is 7.19. The number of nitrogens with one attached hydrogen (secondary N) is 1. The number of methoxy groups -OCH3 is 1. The van der Waals surface area contributed by atoms with Gasteiger partial charge in [-0.3, -0.25) is 4.79 Å². The molecule has 4 nitrogen and oxygen atoms in total. The monoisotopic (exact) mass is 312 g/mol. The van der Waals surface area contributed by atoms with E-state index in [9.17, 15) is 4.79 Å². The number of carbonyl (C=O) groups is 1. The van der Waals surface area contributed by atoms with Crippen molar-refractivity contribution in [1.29, 1.82) is 0 Å². The summed E-state index contributed by atoms with van der Waals surface area (Å²) in [5, 5.41) is 3.43. The number of halogens is 1. The highest BCUT2D eigenvalue weighted by molar-refractivity contribution is 7.80. The third-order valence-electron chi connectivity index (χ3n) is 3.83. The average molecular weight is 313 g/mol. The summed E-state index contributed by atoms with van der Waals surface area (Å²) in [5.74, 6) is 0.522. The van der Waals surface area contributed by atoms with Crippen LogP contribution in [0.5, 0.6) is 5.75 Å². The molecule has 3 N–H and O–H groups in total. The molecule has 0 saturated heterocycles. The van der Waals surface area contributed by atoms with Gasteiger partial charge in [-0.25, -0.2) is 0 Å². The van der Waals surface area contributed by atoms with Crippen LogP contribution in [0.3, 0.4) is 0 Å². The van der Waals surface area contributed by atoms with E-state index < -0.39 is 5.41 Å². The molecule has 6 heteroatoms. The third-order valence-corrected chi connectivity index (χ3v) is 4.58. The molecule has 1 aliphatic rings. The topological polar surface area (TPSA) is 64.3 Å². The number of nitrogens with two attached hydrogens (primary N) is 1. The molecule has 1 fully saturated rings. The van der Waals surface area contributed by atoms with Crippen molar-refractivity contribution >= 4 is 34.7 Å². The Morgan fingerprint density at radius 2 is 2.25 bits per heavy atom. The van der Waals surface area contributed by atoms with Crippen molar-refractivity contribution in [3.63, 3.8) is 0 Å². The molecule has 1 aliphatic carbocycles. The van der Waals surface area contributed by atoms with Crippen LogP contribution in [0, 0.1) is 5.41 Å². The number of amides is 1. The van der Waals surface area contributed by atoms with Crippen molar-refractivity contribution in [3.05, 3.63) is 28.8 Å². The van der Waals surface area contributed by atoms with E-state index in [1.54, 1.807) is 25.3 Å². The van der Waals surface area contributed by atoms with E-state index in [1.807, 2.05) is 0 Å². The molecule has 0 aromatic heterocycles. The molecule has 0 heterocycles. The van der Waals surface area contributed by atoms with Gasteiger partial charge < -0.3 is 15.8 Å². The fraction of sp³-hybridized carbons (Fsp3) is 0.429. The Kier molecular flexibility index (Phi) is 4.50. The largest absolute Gasteiger partial charge is 0.496 e. The van der Waals surface area contributed by atoms with Gasteiger partial charge in [-0.05, 0) is 25.0 Å². The van der Waals surface area contributed by atoms with Gasteiger partial charge in [0, 0.05) is 17.1 Å². The number of thiocarbonyl (C=S) groups is 1. The van der Waals surface area contributed by atoms with E-state index in [2.05, 4.69) is 5.32 Å². The lowest BCUT2D eigenvalue weighted by molar-refractivity contribution is -0.131. The molecule has 1 aromatic rings. The zero-order valence-corrected chi connectivity index (χ0v) is 12.8. The number of benzene rings is 1. The summed E-state index contributed by atoms with van der Waals surface area (Å²) in [6, 6.07) is 5.37. The van der Waals surface area contributed by atoms with E-state index in [4.69, 9.17) is 34.3 Å². The predicted octanol–water partition coefficient (Wildman–Crippen LogP) is 2.42. The van der Waals surface area contributed by atoms with Crippen LogP contribution in [0.15, 0.2) is 18.2 Å². The first-order chi connectivity index (χ1) is 9.51. The van der Waals surface area contributed by atoms with Crippen LogP contribution in [0.25, 0.3) is 0 Å². The third kappa shape index (κ3) is 2.60. The van der Waals surface area contributed by atoms with Gasteiger partial charge in [-0.2, -0.15) is 0 Å². The Hall–Kier alpha value is -1.33. The van der Waals surface area contributed by atoms with E-state index in [0.717, 1.165) is 12.0 Å². The van der Waals surface area contributed by atoms with Gasteiger partial charge in [0.2, 0.25) is 5.91 Å². The van der Waals surface area contributed by atoms with Gasteiger partial charge in [-0.15, -0.1) is 0 Å². The van der Waals surface area contributed by atoms with Crippen LogP contribution in [0.2, 0.25) is 5.02 Å². The molecule has 1 saturated carbocycles. The fourth-order valence-corrected chi connectivity index (χ4v) is 2.88. The van der Waals surface area contributed by atoms with Crippen molar-refractivity contribution < 1.29 is 9.53 Å². The van der Waals surface area contributed by atoms with Crippen LogP contribution in [-0.4, -0.2) is 18.0 Å². The normalized spacial score (nSPS) is 16.1. The van der Waals surface area contributed by atoms with Crippen LogP contribution >= 0.6 is 23.8 Å². The maximum Gasteiger partial charge on any atom is 0.233 e. The van der Waals surface area contributed by atoms with E-state index >= 15 is 0 Å². The second-order valence-corrected chi connectivity index (χ2v) is 5.75. The second kappa shape index (κ2) is 5.97. The molecular formula is C14H17ClN2O2S. The van der Waals surface area contributed by atoms with Gasteiger partial charge in [0.1, 0.15) is 5.75 Å². The molecule has 1 amide bonds. The molecule has 20 heavy (non-hydrogen) atoms. The summed E-state index contributed by atoms with van der Waals surface area (Å²) in [5.41, 5.74) is 5.78. The summed E-state index contributed by atoms with van der Waals surface area (Å²) in [4.78, 5) is 12.6. The van der Waals surface area contributed by atoms with Crippen molar-refractivity contribution in [2.24, 2.45) is 11.1 Å². The highest BCUT2D eigenvalue weighted by atomic mass is 35.5. The van der Waals surface area contributed by atoms with Gasteiger partial charge in [0.05, 0.1) is 17.5 Å². The lowest BCUT2D eigenvalue weighted by Crippen LogP contribution is -2.52. The summed E-state index contributed by atoms with van der Waals surface area (Å²) >= 11 is 11.2. The lowest BCUT2D eigenvalue weighted by Gasteiger charge is -2.39. The second-order valence-electron chi connectivity index (χ2n) is 4.90. The standard InChI is InChI=1S/C14H17ClN2O2S/c1-19-11-5-2-4-10(15)9(11)8-17-13(18)14(12(16)20)6-3-7-14/h2,4-5H,3,6-8H2,1H3,(H2,16,20)(H,17,18). The minimum absolute atomic E-state index is 0.127. The molecular weight excluding hydrogens is 296 g/mol. The number of hydrogen-bond acceptors (Lipinski definition) is 3. The minimum Gasteiger partial charge on any atom is -0.496 e. The predicted molar refractivity (Wildman–Crippen MR) is 82.9 cm³/mol. The highest BCUT2D eigenvalue weighted by Crippen LogP contribution is 2.41. The molecule has 0 aliphatic heterocycles. The van der Waals surface area contributed by atoms with E-state index in [1.165, 1.54) is 0 Å². The number of hydrogen-bond donors (Lipinski definition) is 2. The lowest BCUT2D eigenvalue weighted by atomic mass is 9.68. The summed E-state index contributed by atoms with van der Waals surface area (Å²) in [6.45, 7) is 0.298. The Balaban J connectivity index is 2.09. The molecule has 0 atom stereocenters. The van der Waals surface area contributed by atoms with Gasteiger partial charge in [0.15, 0.2) is 0 Å². The Morgan fingerprint density at radius 3 is 2.75 bits per heavy atom. The summed E-state index contributed by atoms with van der Waals surface area (Å²) < 4.78 is 5.25. The van der Waals surface area contributed by atoms with Crippen LogP contribution in [0.4, 0.5) is 0 Å². The highest BCUT2D eigenvalue weighted by Gasteiger charge is 2.46. The molecule has 0 spiro atoms. The molecule has 1 aromatic carbocycles. The van der Waals surface area contributed by atoms with Crippen molar-refractivity contribution in [1.82, 2.24) is 5.32 Å². The summed E-state index contributed by atoms with van der Waals surface area (Å²) in [6.07, 6.45) is 2.40. The molecule has 0 radical (unpaired) electrons. The molecule has 2 rings (SSSR count). The zero-order chi connectivity index (χ0) is 14.8. The van der Waals surface area contributed by atoms with Crippen molar-refractivity contribution in [2.45, 2.75) is 25.8 Å². The van der Waals surface area contributed by atoms with Crippen LogP contribution < -0.4 is 15.8 Å². The van der Waals surface area contributed by atoms with Crippen molar-refractivity contribution in [2.75, 3.05) is 7.11 Å². The van der Waals surface area contributed by atoms with E-state index in [0.29, 0.717) is 30.2 Å². The molecule has 0 bridgehead atoms. The number of ether oxygens (including phenoxy) is 1.